The Morgan fingerprint density at radius 1 is 1.03 bits per heavy atom. The van der Waals surface area contributed by atoms with Gasteiger partial charge in [-0.1, -0.05) is 6.07 Å². The topological polar surface area (TPSA) is 142 Å². The molecule has 4 aromatic rings. The number of pyridine rings is 2. The van der Waals surface area contributed by atoms with Crippen LogP contribution in [0.1, 0.15) is 23.3 Å². The van der Waals surface area contributed by atoms with Gasteiger partial charge in [-0.25, -0.2) is 9.19 Å². The second-order valence-corrected chi connectivity index (χ2v) is 10.8. The molecule has 0 aliphatic heterocycles. The minimum Gasteiger partial charge on any atom is -0.324 e. The summed E-state index contributed by atoms with van der Waals surface area (Å²) in [5.41, 5.74) is 3.66. The van der Waals surface area contributed by atoms with Crippen molar-refractivity contribution in [2.45, 2.75) is 12.8 Å². The molecule has 1 unspecified atom stereocenters. The van der Waals surface area contributed by atoms with Gasteiger partial charge >= 0.3 is 0 Å². The minimum atomic E-state index is -2.45. The molecule has 1 aromatic carbocycles. The molecule has 5 rings (SSSR count). The Bertz CT molecular complexity index is 1540. The van der Waals surface area contributed by atoms with Gasteiger partial charge in [0.25, 0.3) is 5.91 Å². The summed E-state index contributed by atoms with van der Waals surface area (Å²) in [5, 5.41) is 13.4. The summed E-state index contributed by atoms with van der Waals surface area (Å²) in [4.78, 5) is 33.4. The van der Waals surface area contributed by atoms with Crippen molar-refractivity contribution >= 4 is 55.5 Å². The molecule has 2 amide bonds. The van der Waals surface area contributed by atoms with Crippen molar-refractivity contribution in [3.05, 3.63) is 60.7 Å². The van der Waals surface area contributed by atoms with Crippen LogP contribution < -0.4 is 15.4 Å². The normalized spacial score (nSPS) is 14.8. The molecule has 4 N–H and O–H groups in total. The molecule has 1 aliphatic carbocycles. The van der Waals surface area contributed by atoms with Crippen LogP contribution in [0.2, 0.25) is 0 Å². The van der Waals surface area contributed by atoms with Crippen LogP contribution in [0.5, 0.6) is 0 Å². The Labute approximate surface area is 201 Å². The highest BCUT2D eigenvalue weighted by atomic mass is 32.2. The smallest absolute Gasteiger partial charge is 0.276 e. The van der Waals surface area contributed by atoms with Gasteiger partial charge in [0.1, 0.15) is 5.82 Å². The number of rotatable bonds is 7. The lowest BCUT2D eigenvalue weighted by molar-refractivity contribution is -0.117. The van der Waals surface area contributed by atoms with Gasteiger partial charge in [0, 0.05) is 39.0 Å². The maximum Gasteiger partial charge on any atom is 0.276 e. The van der Waals surface area contributed by atoms with Gasteiger partial charge in [0.15, 0.2) is 5.69 Å². The summed E-state index contributed by atoms with van der Waals surface area (Å²) in [6.45, 7) is 0. The van der Waals surface area contributed by atoms with Gasteiger partial charge in [-0.05, 0) is 54.6 Å². The number of anilines is 3. The summed E-state index contributed by atoms with van der Waals surface area (Å²) in [5.74, 6) is 3.63. The molecule has 0 bridgehead atoms. The highest BCUT2D eigenvalue weighted by Gasteiger charge is 2.29. The van der Waals surface area contributed by atoms with Gasteiger partial charge < -0.3 is 10.6 Å². The van der Waals surface area contributed by atoms with E-state index in [1.54, 1.807) is 24.5 Å². The number of aromatic amines is 1. The molecule has 10 nitrogen and oxygen atoms in total. The molecule has 11 heteroatoms. The van der Waals surface area contributed by atoms with E-state index in [1.807, 2.05) is 24.3 Å². The van der Waals surface area contributed by atoms with E-state index in [0.717, 1.165) is 24.0 Å². The standard InChI is InChI=1S/C24H23N7O3S/c1-35(2,34)31-21-8-6-17(13-26-21)27-24(33)22-19-10-15(5-7-20(19)29-30-22)16-9-18(12-25-11-16)28-23(32)14-3-4-14/h5-14H,1,3-4H2,2H3,(H,27,33)(H,28,32)(H,29,30)(H,26,31,34). The van der Waals surface area contributed by atoms with Crippen LogP contribution in [0.4, 0.5) is 17.2 Å². The van der Waals surface area contributed by atoms with Gasteiger partial charge in [0.05, 0.1) is 29.3 Å². The van der Waals surface area contributed by atoms with E-state index in [4.69, 9.17) is 0 Å². The number of hydrogen-bond donors (Lipinski definition) is 4. The number of nitrogens with zero attached hydrogens (tertiary/aromatic N) is 3. The number of carbonyl (C=O) groups excluding carboxylic acids is 2. The number of H-pyrrole nitrogens is 1. The van der Waals surface area contributed by atoms with Crippen LogP contribution in [0, 0.1) is 5.92 Å². The number of nitrogens with one attached hydrogen (secondary N) is 4. The van der Waals surface area contributed by atoms with Crippen LogP contribution in [-0.4, -0.2) is 48.3 Å². The number of fused-ring (bicyclic) bond motifs is 1. The van der Waals surface area contributed by atoms with Gasteiger partial charge in [-0.15, -0.1) is 0 Å². The Balaban J connectivity index is 1.36. The Hall–Kier alpha value is -4.25. The summed E-state index contributed by atoms with van der Waals surface area (Å²) in [6.07, 6.45) is 8.10. The van der Waals surface area contributed by atoms with Crippen molar-refractivity contribution < 1.29 is 13.8 Å². The second kappa shape index (κ2) is 8.84. The molecule has 1 atom stereocenters. The van der Waals surface area contributed by atoms with E-state index in [0.29, 0.717) is 28.1 Å². The average molecular weight is 490 g/mol. The quantitative estimate of drug-likeness (QED) is 0.294. The Kier molecular flexibility index (Phi) is 5.69. The Morgan fingerprint density at radius 3 is 2.57 bits per heavy atom. The lowest BCUT2D eigenvalue weighted by Crippen LogP contribution is -2.14. The first-order valence-electron chi connectivity index (χ1n) is 10.9. The van der Waals surface area contributed by atoms with Crippen LogP contribution in [-0.2, 0) is 14.5 Å². The van der Waals surface area contributed by atoms with Crippen LogP contribution in [0.25, 0.3) is 22.0 Å². The minimum absolute atomic E-state index is 0.0150. The molecule has 35 heavy (non-hydrogen) atoms. The zero-order chi connectivity index (χ0) is 24.6. The van der Waals surface area contributed by atoms with E-state index in [1.165, 1.54) is 12.5 Å². The third-order valence-electron chi connectivity index (χ3n) is 5.41. The average Bonchev–Trinajstić information content (AvgIpc) is 3.59. The molecule has 1 saturated carbocycles. The molecule has 3 heterocycles. The molecular formula is C24H23N7O3S. The van der Waals surface area contributed by atoms with E-state index in [2.05, 4.69) is 41.4 Å². The third-order valence-corrected chi connectivity index (χ3v) is 6.05. The zero-order valence-corrected chi connectivity index (χ0v) is 19.7. The van der Waals surface area contributed by atoms with Crippen LogP contribution >= 0.6 is 0 Å². The van der Waals surface area contributed by atoms with Crippen LogP contribution in [0.3, 0.4) is 0 Å². The zero-order valence-electron chi connectivity index (χ0n) is 18.9. The fourth-order valence-electron chi connectivity index (χ4n) is 3.56. The summed E-state index contributed by atoms with van der Waals surface area (Å²) >= 11 is 0. The van der Waals surface area contributed by atoms with E-state index < -0.39 is 15.6 Å². The van der Waals surface area contributed by atoms with Gasteiger partial charge in [-0.2, -0.15) is 5.10 Å². The number of amides is 2. The van der Waals surface area contributed by atoms with E-state index in [9.17, 15) is 13.8 Å². The first kappa shape index (κ1) is 22.5. The fraction of sp³-hybridized carbons (Fsp3) is 0.167. The van der Waals surface area contributed by atoms with Crippen molar-refractivity contribution in [1.82, 2.24) is 20.2 Å². The maximum absolute atomic E-state index is 12.9. The van der Waals surface area contributed by atoms with Crippen molar-refractivity contribution in [2.24, 2.45) is 5.92 Å². The summed E-state index contributed by atoms with van der Waals surface area (Å²) in [7, 11) is -2.45. The van der Waals surface area contributed by atoms with Crippen LogP contribution in [0.15, 0.2) is 55.0 Å². The molecular weight excluding hydrogens is 466 g/mol. The van der Waals surface area contributed by atoms with E-state index >= 15 is 0 Å². The fourth-order valence-corrected chi connectivity index (χ4v) is 4.13. The van der Waals surface area contributed by atoms with E-state index in [-0.39, 0.29) is 17.5 Å². The molecule has 1 fully saturated rings. The van der Waals surface area contributed by atoms with Crippen molar-refractivity contribution in [1.29, 1.82) is 0 Å². The highest BCUT2D eigenvalue weighted by Crippen LogP contribution is 2.31. The molecule has 0 radical (unpaired) electrons. The molecule has 0 spiro atoms. The lowest BCUT2D eigenvalue weighted by Gasteiger charge is -2.08. The second-order valence-electron chi connectivity index (χ2n) is 8.55. The SMILES string of the molecule is C=S(C)(=O)Nc1ccc(NC(=O)c2n[nH]c3ccc(-c4cncc(NC(=O)C5CC5)c4)cc23)cn1. The number of aromatic nitrogens is 4. The largest absolute Gasteiger partial charge is 0.324 e. The highest BCUT2D eigenvalue weighted by molar-refractivity contribution is 8.00. The third kappa shape index (κ3) is 5.30. The number of carbonyl (C=O) groups is 2. The monoisotopic (exact) mass is 489 g/mol. The van der Waals surface area contributed by atoms with Gasteiger partial charge in [-0.3, -0.25) is 24.4 Å². The summed E-state index contributed by atoms with van der Waals surface area (Å²) < 4.78 is 14.5. The van der Waals surface area contributed by atoms with Crippen molar-refractivity contribution in [2.75, 3.05) is 21.6 Å². The molecule has 3 aromatic heterocycles. The van der Waals surface area contributed by atoms with Crippen molar-refractivity contribution in [3.63, 3.8) is 0 Å². The number of benzene rings is 1. The van der Waals surface area contributed by atoms with Crippen molar-refractivity contribution in [3.8, 4) is 11.1 Å². The molecule has 1 aliphatic rings. The lowest BCUT2D eigenvalue weighted by atomic mass is 10.0. The first-order chi connectivity index (χ1) is 16.7. The predicted molar refractivity (Wildman–Crippen MR) is 138 cm³/mol. The Morgan fingerprint density at radius 2 is 1.86 bits per heavy atom. The number of hydrogen-bond acceptors (Lipinski definition) is 6. The summed E-state index contributed by atoms with van der Waals surface area (Å²) in [6, 6.07) is 10.7. The van der Waals surface area contributed by atoms with Gasteiger partial charge in [0.2, 0.25) is 5.91 Å². The maximum atomic E-state index is 12.9. The first-order valence-corrected chi connectivity index (χ1v) is 13.0. The molecule has 178 valence electrons. The molecule has 0 saturated heterocycles. The predicted octanol–water partition coefficient (Wildman–Crippen LogP) is 3.29.